The summed E-state index contributed by atoms with van der Waals surface area (Å²) in [5, 5.41) is 3.35. The van der Waals surface area contributed by atoms with Crippen molar-refractivity contribution in [1.82, 2.24) is 9.88 Å². The highest BCUT2D eigenvalue weighted by atomic mass is 32.2. The number of nitrogens with one attached hydrogen (secondary N) is 1. The fourth-order valence-corrected chi connectivity index (χ4v) is 4.44. The van der Waals surface area contributed by atoms with E-state index in [4.69, 9.17) is 4.74 Å². The largest absolute Gasteiger partial charge is 0.497 e. The van der Waals surface area contributed by atoms with Gasteiger partial charge >= 0.3 is 6.18 Å². The van der Waals surface area contributed by atoms with Gasteiger partial charge in [-0.1, -0.05) is 17.3 Å². The van der Waals surface area contributed by atoms with E-state index in [2.05, 4.69) is 14.4 Å². The van der Waals surface area contributed by atoms with E-state index in [0.717, 1.165) is 23.0 Å². The lowest BCUT2D eigenvalue weighted by atomic mass is 10.2. The van der Waals surface area contributed by atoms with E-state index in [0.29, 0.717) is 5.75 Å². The Hall–Kier alpha value is -2.37. The second kappa shape index (κ2) is 7.33. The maximum absolute atomic E-state index is 12.6. The van der Waals surface area contributed by atoms with Gasteiger partial charge < -0.3 is 9.26 Å². The van der Waals surface area contributed by atoms with Crippen LogP contribution in [0.2, 0.25) is 0 Å². The molecule has 0 aliphatic carbocycles. The maximum atomic E-state index is 12.6. The van der Waals surface area contributed by atoms with Gasteiger partial charge in [-0.2, -0.15) is 13.2 Å². The van der Waals surface area contributed by atoms with E-state index >= 15 is 0 Å². The molecule has 0 saturated heterocycles. The van der Waals surface area contributed by atoms with Gasteiger partial charge in [0.05, 0.1) is 12.0 Å². The third-order valence-corrected chi connectivity index (χ3v) is 6.51. The molecule has 3 aromatic rings. The summed E-state index contributed by atoms with van der Waals surface area (Å²) in [6.45, 7) is 0.0573. The molecule has 1 N–H and O–H groups in total. The van der Waals surface area contributed by atoms with Crippen molar-refractivity contribution in [2.24, 2.45) is 0 Å². The minimum Gasteiger partial charge on any atom is -0.497 e. The molecule has 0 fully saturated rings. The number of hydrogen-bond donors (Lipinski definition) is 1. The first-order valence-electron chi connectivity index (χ1n) is 7.46. The second-order valence-corrected chi connectivity index (χ2v) is 8.44. The van der Waals surface area contributed by atoms with E-state index in [1.54, 1.807) is 24.3 Å². The summed E-state index contributed by atoms with van der Waals surface area (Å²) in [5.74, 6) is -0.594. The fourth-order valence-electron chi connectivity index (χ4n) is 2.12. The average Bonchev–Trinajstić information content (AvgIpc) is 3.29. The van der Waals surface area contributed by atoms with Crippen molar-refractivity contribution in [1.29, 1.82) is 0 Å². The van der Waals surface area contributed by atoms with E-state index < -0.39 is 22.0 Å². The Morgan fingerprint density at radius 1 is 1.19 bits per heavy atom. The van der Waals surface area contributed by atoms with Crippen LogP contribution in [-0.2, 0) is 22.7 Å². The predicted molar refractivity (Wildman–Crippen MR) is 91.8 cm³/mol. The molecule has 2 aromatic heterocycles. The lowest BCUT2D eigenvalue weighted by molar-refractivity contribution is -0.155. The summed E-state index contributed by atoms with van der Waals surface area (Å²) >= 11 is 0.798. The minimum atomic E-state index is -4.66. The molecule has 1 aromatic carbocycles. The van der Waals surface area contributed by atoms with Crippen LogP contribution in [0.15, 0.2) is 51.2 Å². The van der Waals surface area contributed by atoms with Crippen molar-refractivity contribution in [2.75, 3.05) is 7.11 Å². The van der Waals surface area contributed by atoms with E-state index in [1.807, 2.05) is 0 Å². The number of thiophene rings is 1. The topological polar surface area (TPSA) is 81.4 Å². The Bertz CT molecular complexity index is 1020. The Morgan fingerprint density at radius 2 is 1.89 bits per heavy atom. The lowest BCUT2D eigenvalue weighted by Gasteiger charge is -2.06. The first-order chi connectivity index (χ1) is 12.7. The predicted octanol–water partition coefficient (Wildman–Crippen LogP) is 3.91. The number of hydrogen-bond acceptors (Lipinski definition) is 6. The minimum absolute atomic E-state index is 0.0393. The third-order valence-electron chi connectivity index (χ3n) is 3.51. The SMILES string of the molecule is COc1ccc(CNS(=O)(=O)c2ccc(-c3cc(C(F)(F)F)on3)s2)cc1. The van der Waals surface area contributed by atoms with Crippen LogP contribution in [-0.4, -0.2) is 20.7 Å². The van der Waals surface area contributed by atoms with Gasteiger partial charge in [-0.25, -0.2) is 13.1 Å². The lowest BCUT2D eigenvalue weighted by Crippen LogP contribution is -2.22. The smallest absolute Gasteiger partial charge is 0.452 e. The number of alkyl halides is 3. The highest BCUT2D eigenvalue weighted by molar-refractivity contribution is 7.91. The monoisotopic (exact) mass is 418 g/mol. The van der Waals surface area contributed by atoms with Crippen molar-refractivity contribution in [3.05, 3.63) is 53.8 Å². The van der Waals surface area contributed by atoms with Crippen molar-refractivity contribution < 1.29 is 30.8 Å². The van der Waals surface area contributed by atoms with Crippen LogP contribution < -0.4 is 9.46 Å². The average molecular weight is 418 g/mol. The summed E-state index contributed by atoms with van der Waals surface area (Å²) in [7, 11) is -2.30. The Morgan fingerprint density at radius 3 is 2.48 bits per heavy atom. The Kier molecular flexibility index (Phi) is 5.27. The van der Waals surface area contributed by atoms with Gasteiger partial charge in [0.15, 0.2) is 0 Å². The van der Waals surface area contributed by atoms with E-state index in [9.17, 15) is 21.6 Å². The van der Waals surface area contributed by atoms with Crippen LogP contribution in [0.3, 0.4) is 0 Å². The van der Waals surface area contributed by atoms with Crippen molar-refractivity contribution in [2.45, 2.75) is 16.9 Å². The van der Waals surface area contributed by atoms with Gasteiger partial charge in [0.2, 0.25) is 15.8 Å². The molecule has 11 heteroatoms. The molecule has 3 rings (SSSR count). The molecular formula is C16H13F3N2O4S2. The molecule has 0 aliphatic heterocycles. The number of methoxy groups -OCH3 is 1. The third kappa shape index (κ3) is 4.49. The number of halogens is 3. The molecular weight excluding hydrogens is 405 g/mol. The summed E-state index contributed by atoms with van der Waals surface area (Å²) in [5.41, 5.74) is 0.645. The van der Waals surface area contributed by atoms with Crippen LogP contribution >= 0.6 is 11.3 Å². The fraction of sp³-hybridized carbons (Fsp3) is 0.188. The number of nitrogens with zero attached hydrogens (tertiary/aromatic N) is 1. The van der Waals surface area contributed by atoms with Crippen LogP contribution in [0.1, 0.15) is 11.3 Å². The van der Waals surface area contributed by atoms with Crippen LogP contribution in [0.5, 0.6) is 5.75 Å². The molecule has 0 radical (unpaired) electrons. The quantitative estimate of drug-likeness (QED) is 0.657. The molecule has 0 spiro atoms. The first kappa shape index (κ1) is 19.4. The standard InChI is InChI=1S/C16H13F3N2O4S2/c1-24-11-4-2-10(3-5-11)9-20-27(22,23)15-7-6-13(26-15)12-8-14(25-21-12)16(17,18)19/h2-8,20H,9H2,1H3. The Labute approximate surface area is 156 Å². The number of benzene rings is 1. The molecule has 0 atom stereocenters. The van der Waals surface area contributed by atoms with Gasteiger partial charge in [0.25, 0.3) is 0 Å². The molecule has 144 valence electrons. The summed E-state index contributed by atoms with van der Waals surface area (Å²) in [6, 6.07) is 10.3. The zero-order chi connectivity index (χ0) is 19.7. The second-order valence-electron chi connectivity index (χ2n) is 5.37. The van der Waals surface area contributed by atoms with Gasteiger partial charge in [0, 0.05) is 12.6 Å². The number of rotatable bonds is 6. The van der Waals surface area contributed by atoms with Crippen molar-refractivity contribution >= 4 is 21.4 Å². The molecule has 0 saturated carbocycles. The molecule has 6 nitrogen and oxygen atoms in total. The van der Waals surface area contributed by atoms with E-state index in [-0.39, 0.29) is 21.3 Å². The molecule has 0 bridgehead atoms. The van der Waals surface area contributed by atoms with Crippen LogP contribution in [0, 0.1) is 0 Å². The molecule has 0 amide bonds. The van der Waals surface area contributed by atoms with Crippen molar-refractivity contribution in [3.8, 4) is 16.3 Å². The normalized spacial score (nSPS) is 12.3. The maximum Gasteiger partial charge on any atom is 0.452 e. The van der Waals surface area contributed by atoms with Crippen LogP contribution in [0.4, 0.5) is 13.2 Å². The van der Waals surface area contributed by atoms with Gasteiger partial charge in [0.1, 0.15) is 15.7 Å². The molecule has 0 unspecified atom stereocenters. The summed E-state index contributed by atoms with van der Waals surface area (Å²) in [6.07, 6.45) is -4.66. The molecule has 2 heterocycles. The molecule has 27 heavy (non-hydrogen) atoms. The van der Waals surface area contributed by atoms with Crippen molar-refractivity contribution in [3.63, 3.8) is 0 Å². The first-order valence-corrected chi connectivity index (χ1v) is 9.76. The van der Waals surface area contributed by atoms with Crippen LogP contribution in [0.25, 0.3) is 10.6 Å². The van der Waals surface area contributed by atoms with Gasteiger partial charge in [-0.05, 0) is 29.8 Å². The summed E-state index contributed by atoms with van der Waals surface area (Å²) < 4.78 is 74.2. The Balaban J connectivity index is 1.73. The number of sulfonamides is 1. The summed E-state index contributed by atoms with van der Waals surface area (Å²) in [4.78, 5) is 0.249. The highest BCUT2D eigenvalue weighted by Crippen LogP contribution is 2.35. The zero-order valence-corrected chi connectivity index (χ0v) is 15.4. The number of aromatic nitrogens is 1. The van der Waals surface area contributed by atoms with Gasteiger partial charge in [-0.3, -0.25) is 0 Å². The van der Waals surface area contributed by atoms with Gasteiger partial charge in [-0.15, -0.1) is 11.3 Å². The number of ether oxygens (including phenoxy) is 1. The highest BCUT2D eigenvalue weighted by Gasteiger charge is 2.36. The molecule has 0 aliphatic rings. The van der Waals surface area contributed by atoms with E-state index in [1.165, 1.54) is 19.2 Å². The zero-order valence-electron chi connectivity index (χ0n) is 13.8.